The van der Waals surface area contributed by atoms with Crippen molar-refractivity contribution in [1.29, 1.82) is 0 Å². The molecule has 1 saturated carbocycles. The Balaban J connectivity index is 2.09. The predicted molar refractivity (Wildman–Crippen MR) is 61.4 cm³/mol. The Morgan fingerprint density at radius 2 is 2.35 bits per heavy atom. The van der Waals surface area contributed by atoms with Crippen LogP contribution in [0.1, 0.15) is 36.6 Å². The minimum Gasteiger partial charge on any atom is -0.385 e. The number of primary amides is 1. The predicted octanol–water partition coefficient (Wildman–Crippen LogP) is 0.220. The van der Waals surface area contributed by atoms with E-state index < -0.39 is 0 Å². The first-order chi connectivity index (χ1) is 8.22. The topological polar surface area (TPSA) is 83.0 Å². The van der Waals surface area contributed by atoms with Gasteiger partial charge in [-0.2, -0.15) is 0 Å². The molecule has 1 aliphatic carbocycles. The Morgan fingerprint density at radius 3 is 2.94 bits per heavy atom. The first-order valence-corrected chi connectivity index (χ1v) is 5.92. The first-order valence-electron chi connectivity index (χ1n) is 5.92. The van der Waals surface area contributed by atoms with Crippen LogP contribution in [0.5, 0.6) is 0 Å². The molecule has 1 aromatic rings. The second-order valence-electron chi connectivity index (χ2n) is 4.41. The number of amides is 1. The number of carbonyl (C=O) groups excluding carboxylic acids is 1. The molecule has 1 heterocycles. The van der Waals surface area contributed by atoms with Crippen LogP contribution in [0.4, 0.5) is 0 Å². The molecular weight excluding hydrogens is 220 g/mol. The van der Waals surface area contributed by atoms with Gasteiger partial charge in [-0.1, -0.05) is 5.21 Å². The number of aromatic nitrogens is 3. The number of carbonyl (C=O) groups is 1. The first kappa shape index (κ1) is 12.0. The van der Waals surface area contributed by atoms with Gasteiger partial charge in [0.2, 0.25) is 5.91 Å². The van der Waals surface area contributed by atoms with Crippen LogP contribution in [0.15, 0.2) is 0 Å². The lowest BCUT2D eigenvalue weighted by Gasteiger charge is -2.06. The third-order valence-electron chi connectivity index (χ3n) is 2.87. The van der Waals surface area contributed by atoms with Crippen molar-refractivity contribution in [2.45, 2.75) is 38.1 Å². The van der Waals surface area contributed by atoms with E-state index in [1.807, 2.05) is 4.68 Å². The van der Waals surface area contributed by atoms with Crippen molar-refractivity contribution in [3.8, 4) is 0 Å². The van der Waals surface area contributed by atoms with E-state index in [0.717, 1.165) is 37.2 Å². The Labute approximate surface area is 100 Å². The molecule has 0 bridgehead atoms. The van der Waals surface area contributed by atoms with Gasteiger partial charge in [-0.05, 0) is 19.3 Å². The fourth-order valence-electron chi connectivity index (χ4n) is 1.97. The van der Waals surface area contributed by atoms with Crippen molar-refractivity contribution in [1.82, 2.24) is 15.0 Å². The molecule has 0 aromatic carbocycles. The maximum Gasteiger partial charge on any atom is 0.223 e. The molecule has 17 heavy (non-hydrogen) atoms. The summed E-state index contributed by atoms with van der Waals surface area (Å²) in [6, 6.07) is 0. The highest BCUT2D eigenvalue weighted by molar-refractivity contribution is 5.76. The Bertz CT molecular complexity index is 398. The molecule has 1 aliphatic rings. The van der Waals surface area contributed by atoms with Gasteiger partial charge in [-0.25, -0.2) is 4.68 Å². The van der Waals surface area contributed by atoms with E-state index >= 15 is 0 Å². The summed E-state index contributed by atoms with van der Waals surface area (Å²) in [5.41, 5.74) is 7.05. The highest BCUT2D eigenvalue weighted by atomic mass is 16.5. The molecule has 0 atom stereocenters. The van der Waals surface area contributed by atoms with Gasteiger partial charge in [0.1, 0.15) is 0 Å². The van der Waals surface area contributed by atoms with Crippen LogP contribution in [0, 0.1) is 0 Å². The van der Waals surface area contributed by atoms with Crippen molar-refractivity contribution >= 4 is 5.91 Å². The maximum atomic E-state index is 11.0. The van der Waals surface area contributed by atoms with E-state index in [9.17, 15) is 4.79 Å². The zero-order valence-electron chi connectivity index (χ0n) is 10.1. The average Bonchev–Trinajstić information content (AvgIpc) is 3.03. The number of nitrogens with two attached hydrogens (primary N) is 1. The summed E-state index contributed by atoms with van der Waals surface area (Å²) in [4.78, 5) is 11.0. The van der Waals surface area contributed by atoms with Gasteiger partial charge in [0.15, 0.2) is 0 Å². The number of ether oxygens (including phenoxy) is 1. The zero-order valence-corrected chi connectivity index (χ0v) is 10.1. The van der Waals surface area contributed by atoms with Gasteiger partial charge in [0.25, 0.3) is 0 Å². The largest absolute Gasteiger partial charge is 0.385 e. The van der Waals surface area contributed by atoms with Crippen molar-refractivity contribution in [2.24, 2.45) is 5.73 Å². The van der Waals surface area contributed by atoms with Crippen molar-refractivity contribution in [3.05, 3.63) is 11.4 Å². The van der Waals surface area contributed by atoms with Crippen LogP contribution in [0.3, 0.4) is 0 Å². The van der Waals surface area contributed by atoms with Gasteiger partial charge < -0.3 is 10.5 Å². The van der Waals surface area contributed by atoms with Crippen LogP contribution in [-0.2, 0) is 22.5 Å². The van der Waals surface area contributed by atoms with Crippen LogP contribution >= 0.6 is 0 Å². The summed E-state index contributed by atoms with van der Waals surface area (Å²) in [6.45, 7) is 1.49. The SMILES string of the molecule is COCCCn1nnc(CC(N)=O)c1C1CC1. The molecule has 0 saturated heterocycles. The monoisotopic (exact) mass is 238 g/mol. The number of nitrogens with zero attached hydrogens (tertiary/aromatic N) is 3. The lowest BCUT2D eigenvalue weighted by atomic mass is 10.1. The van der Waals surface area contributed by atoms with E-state index in [-0.39, 0.29) is 12.3 Å². The van der Waals surface area contributed by atoms with Gasteiger partial charge >= 0.3 is 0 Å². The molecule has 2 N–H and O–H groups in total. The van der Waals surface area contributed by atoms with Gasteiger partial charge in [-0.3, -0.25) is 4.79 Å². The van der Waals surface area contributed by atoms with Gasteiger partial charge in [0, 0.05) is 26.2 Å². The summed E-state index contributed by atoms with van der Waals surface area (Å²) in [5, 5.41) is 8.17. The van der Waals surface area contributed by atoms with E-state index in [1.54, 1.807) is 7.11 Å². The van der Waals surface area contributed by atoms with Crippen molar-refractivity contribution in [3.63, 3.8) is 0 Å². The van der Waals surface area contributed by atoms with Crippen LogP contribution in [0.2, 0.25) is 0 Å². The highest BCUT2D eigenvalue weighted by Crippen LogP contribution is 2.41. The van der Waals surface area contributed by atoms with Gasteiger partial charge in [0.05, 0.1) is 17.8 Å². The average molecular weight is 238 g/mol. The Kier molecular flexibility index (Phi) is 3.73. The second-order valence-corrected chi connectivity index (χ2v) is 4.41. The number of hydrogen-bond donors (Lipinski definition) is 1. The van der Waals surface area contributed by atoms with Crippen LogP contribution in [-0.4, -0.2) is 34.6 Å². The maximum absolute atomic E-state index is 11.0. The molecule has 6 heteroatoms. The zero-order chi connectivity index (χ0) is 12.3. The standard InChI is InChI=1S/C11H18N4O2/c1-17-6-2-5-15-11(8-3-4-8)9(13-14-15)7-10(12)16/h8H,2-7H2,1H3,(H2,12,16). The molecular formula is C11H18N4O2. The molecule has 1 aromatic heterocycles. The summed E-state index contributed by atoms with van der Waals surface area (Å²) in [5.74, 6) is 0.165. The number of methoxy groups -OCH3 is 1. The smallest absolute Gasteiger partial charge is 0.223 e. The number of hydrogen-bond acceptors (Lipinski definition) is 4. The molecule has 1 fully saturated rings. The fourth-order valence-corrected chi connectivity index (χ4v) is 1.97. The van der Waals surface area contributed by atoms with Crippen molar-refractivity contribution in [2.75, 3.05) is 13.7 Å². The molecule has 6 nitrogen and oxygen atoms in total. The minimum atomic E-state index is -0.351. The molecule has 0 unspecified atom stereocenters. The lowest BCUT2D eigenvalue weighted by Crippen LogP contribution is -2.15. The van der Waals surface area contributed by atoms with Crippen molar-refractivity contribution < 1.29 is 9.53 Å². The third kappa shape index (κ3) is 3.03. The van der Waals surface area contributed by atoms with Gasteiger partial charge in [-0.15, -0.1) is 5.10 Å². The van der Waals surface area contributed by atoms with E-state index in [1.165, 1.54) is 0 Å². The molecule has 0 radical (unpaired) electrons. The minimum absolute atomic E-state index is 0.191. The quantitative estimate of drug-likeness (QED) is 0.689. The Hall–Kier alpha value is -1.43. The molecule has 2 rings (SSSR count). The fraction of sp³-hybridized carbons (Fsp3) is 0.727. The Morgan fingerprint density at radius 1 is 1.59 bits per heavy atom. The normalized spacial score (nSPS) is 15.1. The molecule has 94 valence electrons. The van der Waals surface area contributed by atoms with E-state index in [2.05, 4.69) is 10.3 Å². The van der Waals surface area contributed by atoms with Crippen LogP contribution < -0.4 is 5.73 Å². The second kappa shape index (κ2) is 5.27. The third-order valence-corrected chi connectivity index (χ3v) is 2.87. The molecule has 0 aliphatic heterocycles. The highest BCUT2D eigenvalue weighted by Gasteiger charge is 2.31. The van der Waals surface area contributed by atoms with E-state index in [4.69, 9.17) is 10.5 Å². The number of aryl methyl sites for hydroxylation is 1. The van der Waals surface area contributed by atoms with E-state index in [0.29, 0.717) is 12.5 Å². The molecule has 1 amide bonds. The summed E-state index contributed by atoms with van der Waals surface area (Å²) in [7, 11) is 1.68. The number of rotatable bonds is 7. The summed E-state index contributed by atoms with van der Waals surface area (Å²) >= 11 is 0. The molecule has 0 spiro atoms. The lowest BCUT2D eigenvalue weighted by molar-refractivity contribution is -0.117. The van der Waals surface area contributed by atoms with Crippen LogP contribution in [0.25, 0.3) is 0 Å². The summed E-state index contributed by atoms with van der Waals surface area (Å²) in [6.07, 6.45) is 3.40. The summed E-state index contributed by atoms with van der Waals surface area (Å²) < 4.78 is 6.91.